The largest absolute Gasteiger partial charge is 0.479 e. The van der Waals surface area contributed by atoms with Crippen molar-refractivity contribution < 1.29 is 29.2 Å². The van der Waals surface area contributed by atoms with Gasteiger partial charge in [-0.15, -0.1) is 0 Å². The van der Waals surface area contributed by atoms with Gasteiger partial charge in [0.25, 0.3) is 11.8 Å². The van der Waals surface area contributed by atoms with Crippen LogP contribution in [0.25, 0.3) is 0 Å². The lowest BCUT2D eigenvalue weighted by atomic mass is 9.85. The summed E-state index contributed by atoms with van der Waals surface area (Å²) >= 11 is 0. The van der Waals surface area contributed by atoms with Crippen LogP contribution in [0.4, 0.5) is 5.69 Å². The molecule has 1 N–H and O–H groups in total. The molecule has 5 atom stereocenters. The monoisotopic (exact) mass is 399 g/mol. The standard InChI is InChI=1S/C19H17N3O7/c1-9(19(25)26)29-16-12(3-2-4-13(16)22(27)28)8-20-21-17(23)14-10-5-6-11(7-10)15(14)18(21)24/h2-6,8-11,14-15H,7H2,1H3,(H,25,26)/t9-,10-,11-,14-,15+/m0/s1. The first-order valence-electron chi connectivity index (χ1n) is 9.06. The summed E-state index contributed by atoms with van der Waals surface area (Å²) in [5.41, 5.74) is -0.355. The molecule has 1 aromatic carbocycles. The van der Waals surface area contributed by atoms with Crippen molar-refractivity contribution in [3.8, 4) is 5.75 Å². The molecule has 10 heteroatoms. The van der Waals surface area contributed by atoms with E-state index < -0.39 is 34.5 Å². The highest BCUT2D eigenvalue weighted by Gasteiger charge is 2.59. The van der Waals surface area contributed by atoms with E-state index in [1.807, 2.05) is 12.2 Å². The zero-order valence-corrected chi connectivity index (χ0v) is 15.3. The van der Waals surface area contributed by atoms with Crippen molar-refractivity contribution in [2.75, 3.05) is 0 Å². The second kappa shape index (κ2) is 6.80. The molecule has 3 aliphatic rings. The van der Waals surface area contributed by atoms with Crippen LogP contribution in [0.2, 0.25) is 0 Å². The number of aliphatic carboxylic acids is 1. The third-order valence-electron chi connectivity index (χ3n) is 5.62. The fourth-order valence-electron chi connectivity index (χ4n) is 4.26. The molecular weight excluding hydrogens is 382 g/mol. The number of imide groups is 1. The van der Waals surface area contributed by atoms with Gasteiger partial charge in [-0.25, -0.2) is 4.79 Å². The molecule has 1 saturated carbocycles. The molecule has 0 spiro atoms. The number of ether oxygens (including phenoxy) is 1. The van der Waals surface area contributed by atoms with Crippen molar-refractivity contribution in [3.05, 3.63) is 46.0 Å². The summed E-state index contributed by atoms with van der Waals surface area (Å²) in [4.78, 5) is 47.1. The molecule has 4 rings (SSSR count). The van der Waals surface area contributed by atoms with Crippen LogP contribution in [0.15, 0.2) is 35.5 Å². The predicted molar refractivity (Wildman–Crippen MR) is 98.0 cm³/mol. The first-order valence-corrected chi connectivity index (χ1v) is 9.06. The number of amides is 2. The fourth-order valence-corrected chi connectivity index (χ4v) is 4.26. The van der Waals surface area contributed by atoms with E-state index in [0.717, 1.165) is 17.6 Å². The van der Waals surface area contributed by atoms with Gasteiger partial charge in [-0.1, -0.05) is 18.2 Å². The number of carbonyl (C=O) groups is 3. The maximum absolute atomic E-state index is 12.7. The van der Waals surface area contributed by atoms with Crippen LogP contribution in [-0.4, -0.2) is 45.1 Å². The number of hydrogen-bond acceptors (Lipinski definition) is 7. The van der Waals surface area contributed by atoms with Crippen molar-refractivity contribution in [2.24, 2.45) is 28.8 Å². The molecule has 2 amide bonds. The van der Waals surface area contributed by atoms with Crippen LogP contribution in [0, 0.1) is 33.8 Å². The minimum absolute atomic E-state index is 0.0368. The molecule has 0 radical (unpaired) electrons. The first kappa shape index (κ1) is 18.8. The van der Waals surface area contributed by atoms with Gasteiger partial charge in [-0.3, -0.25) is 19.7 Å². The molecule has 2 bridgehead atoms. The number of nitrogens with zero attached hydrogens (tertiary/aromatic N) is 3. The number of rotatable bonds is 6. The Hall–Kier alpha value is -3.56. The van der Waals surface area contributed by atoms with Crippen LogP contribution in [0.3, 0.4) is 0 Å². The molecule has 2 fully saturated rings. The summed E-state index contributed by atoms with van der Waals surface area (Å²) in [6, 6.07) is 3.98. The van der Waals surface area contributed by atoms with Crippen molar-refractivity contribution in [3.63, 3.8) is 0 Å². The van der Waals surface area contributed by atoms with Crippen molar-refractivity contribution in [2.45, 2.75) is 19.4 Å². The Morgan fingerprint density at radius 1 is 1.31 bits per heavy atom. The quantitative estimate of drug-likeness (QED) is 0.252. The zero-order chi connectivity index (χ0) is 20.9. The Bertz CT molecular complexity index is 956. The summed E-state index contributed by atoms with van der Waals surface area (Å²) in [5.74, 6) is -3.13. The van der Waals surface area contributed by atoms with Gasteiger partial charge < -0.3 is 9.84 Å². The van der Waals surface area contributed by atoms with Gasteiger partial charge in [0.2, 0.25) is 5.75 Å². The molecular formula is C19H17N3O7. The smallest absolute Gasteiger partial charge is 0.344 e. The van der Waals surface area contributed by atoms with Gasteiger partial charge in [0.1, 0.15) is 0 Å². The van der Waals surface area contributed by atoms with Gasteiger partial charge >= 0.3 is 11.7 Å². The Balaban J connectivity index is 1.64. The number of hydrogen-bond donors (Lipinski definition) is 1. The lowest BCUT2D eigenvalue weighted by Gasteiger charge is -2.14. The average Bonchev–Trinajstić information content (AvgIpc) is 3.35. The van der Waals surface area contributed by atoms with Crippen LogP contribution in [0.5, 0.6) is 5.75 Å². The molecule has 1 saturated heterocycles. The highest BCUT2D eigenvalue weighted by atomic mass is 16.6. The van der Waals surface area contributed by atoms with Crippen LogP contribution < -0.4 is 4.74 Å². The molecule has 1 heterocycles. The fraction of sp³-hybridized carbons (Fsp3) is 0.368. The van der Waals surface area contributed by atoms with Crippen molar-refractivity contribution >= 4 is 29.7 Å². The van der Waals surface area contributed by atoms with Gasteiger partial charge in [-0.2, -0.15) is 10.1 Å². The summed E-state index contributed by atoms with van der Waals surface area (Å²) in [6.07, 6.45) is 4.48. The maximum Gasteiger partial charge on any atom is 0.344 e. The average molecular weight is 399 g/mol. The molecule has 2 aliphatic carbocycles. The normalized spacial score (nSPS) is 28.2. The van der Waals surface area contributed by atoms with Gasteiger partial charge in [0, 0.05) is 11.6 Å². The van der Waals surface area contributed by atoms with E-state index in [9.17, 15) is 24.5 Å². The number of carbonyl (C=O) groups excluding carboxylic acids is 2. The topological polar surface area (TPSA) is 139 Å². The minimum Gasteiger partial charge on any atom is -0.479 e. The number of nitro benzene ring substituents is 1. The Morgan fingerprint density at radius 3 is 2.48 bits per heavy atom. The van der Waals surface area contributed by atoms with E-state index in [-0.39, 0.29) is 35.0 Å². The molecule has 1 aliphatic heterocycles. The highest BCUT2D eigenvalue weighted by molar-refractivity contribution is 6.07. The number of nitro groups is 1. The number of benzene rings is 1. The predicted octanol–water partition coefficient (Wildman–Crippen LogP) is 1.59. The van der Waals surface area contributed by atoms with Crippen LogP contribution in [-0.2, 0) is 14.4 Å². The SMILES string of the molecule is C[C@H](Oc1c(C=NN2C(=O)[C@@H]3[C@H](C2=O)[C@H]2C=C[C@H]3C2)cccc1[N+](=O)[O-])C(=O)O. The van der Waals surface area contributed by atoms with Crippen molar-refractivity contribution in [1.82, 2.24) is 5.01 Å². The second-order valence-electron chi connectivity index (χ2n) is 7.28. The lowest BCUT2D eigenvalue weighted by Crippen LogP contribution is -2.28. The van der Waals surface area contributed by atoms with E-state index in [1.165, 1.54) is 25.1 Å². The number of fused-ring (bicyclic) bond motifs is 5. The lowest BCUT2D eigenvalue weighted by molar-refractivity contribution is -0.386. The highest BCUT2D eigenvalue weighted by Crippen LogP contribution is 2.52. The number of para-hydroxylation sites is 1. The third kappa shape index (κ3) is 2.96. The van der Waals surface area contributed by atoms with Gasteiger partial charge in [-0.05, 0) is 31.2 Å². The van der Waals surface area contributed by atoms with Gasteiger partial charge in [0.05, 0.1) is 23.0 Å². The molecule has 150 valence electrons. The van der Waals surface area contributed by atoms with E-state index >= 15 is 0 Å². The minimum atomic E-state index is -1.35. The number of carboxylic acids is 1. The Morgan fingerprint density at radius 2 is 1.93 bits per heavy atom. The van der Waals surface area contributed by atoms with E-state index in [1.54, 1.807) is 0 Å². The van der Waals surface area contributed by atoms with Gasteiger partial charge in [0.15, 0.2) is 6.10 Å². The van der Waals surface area contributed by atoms with Crippen LogP contribution >= 0.6 is 0 Å². The second-order valence-corrected chi connectivity index (χ2v) is 7.28. The molecule has 0 unspecified atom stereocenters. The Kier molecular flexibility index (Phi) is 4.40. The van der Waals surface area contributed by atoms with E-state index in [0.29, 0.717) is 0 Å². The zero-order valence-electron chi connectivity index (χ0n) is 15.3. The number of allylic oxidation sites excluding steroid dienone is 2. The molecule has 10 nitrogen and oxygen atoms in total. The van der Waals surface area contributed by atoms with Crippen molar-refractivity contribution in [1.29, 1.82) is 0 Å². The van der Waals surface area contributed by atoms with Crippen LogP contribution in [0.1, 0.15) is 18.9 Å². The van der Waals surface area contributed by atoms with E-state index in [4.69, 9.17) is 9.84 Å². The maximum atomic E-state index is 12.7. The molecule has 29 heavy (non-hydrogen) atoms. The molecule has 1 aromatic rings. The molecule has 0 aromatic heterocycles. The number of carboxylic acid groups (broad SMARTS) is 1. The summed E-state index contributed by atoms with van der Waals surface area (Å²) in [7, 11) is 0. The third-order valence-corrected chi connectivity index (χ3v) is 5.62. The summed E-state index contributed by atoms with van der Waals surface area (Å²) in [6.45, 7) is 1.23. The Labute approximate surface area is 164 Å². The first-order chi connectivity index (χ1) is 13.8. The van der Waals surface area contributed by atoms with E-state index in [2.05, 4.69) is 5.10 Å². The summed E-state index contributed by atoms with van der Waals surface area (Å²) in [5, 5.41) is 25.2. The number of hydrazone groups is 1. The summed E-state index contributed by atoms with van der Waals surface area (Å²) < 4.78 is 5.26.